The van der Waals surface area contributed by atoms with E-state index in [0.717, 1.165) is 5.56 Å². The number of nitrogens with two attached hydrogens (primary N) is 1. The molecule has 30 heavy (non-hydrogen) atoms. The lowest BCUT2D eigenvalue weighted by molar-refractivity contribution is -0.127. The maximum atomic E-state index is 13.4. The van der Waals surface area contributed by atoms with E-state index in [4.69, 9.17) is 22.1 Å². The monoisotopic (exact) mass is 445 g/mol. The Balaban J connectivity index is 2.19. The summed E-state index contributed by atoms with van der Waals surface area (Å²) in [5.41, 5.74) is 8.21. The second-order valence-corrected chi connectivity index (χ2v) is 8.08. The summed E-state index contributed by atoms with van der Waals surface area (Å²) in [6, 6.07) is 7.02. The first-order valence-electron chi connectivity index (χ1n) is 9.75. The molecule has 2 aliphatic rings. The van der Waals surface area contributed by atoms with Crippen LogP contribution < -0.4 is 10.5 Å². The van der Waals surface area contributed by atoms with Crippen LogP contribution in [0.2, 0.25) is 5.02 Å². The number of likely N-dealkylation sites (N-methyl/N-ethyl adjacent to an activating group) is 1. The van der Waals surface area contributed by atoms with Crippen LogP contribution in [0.4, 0.5) is 0 Å². The molecule has 1 amide bonds. The maximum absolute atomic E-state index is 13.4. The van der Waals surface area contributed by atoms with Crippen molar-refractivity contribution in [3.8, 4) is 11.8 Å². The lowest BCUT2D eigenvalue weighted by atomic mass is 9.93. The third kappa shape index (κ3) is 3.75. The van der Waals surface area contributed by atoms with Gasteiger partial charge >= 0.3 is 0 Å². The molecule has 0 bridgehead atoms. The summed E-state index contributed by atoms with van der Waals surface area (Å²) < 4.78 is 5.55. The molecule has 9 heteroatoms. The van der Waals surface area contributed by atoms with Gasteiger partial charge < -0.3 is 15.4 Å². The van der Waals surface area contributed by atoms with Crippen LogP contribution in [0.25, 0.3) is 0 Å². The molecule has 7 nitrogen and oxygen atoms in total. The fourth-order valence-electron chi connectivity index (χ4n) is 3.57. The van der Waals surface area contributed by atoms with Gasteiger partial charge in [0, 0.05) is 13.1 Å². The average Bonchev–Trinajstić information content (AvgIpc) is 3.04. The molecule has 0 saturated carbocycles. The highest BCUT2D eigenvalue weighted by atomic mass is 35.5. The van der Waals surface area contributed by atoms with Gasteiger partial charge in [0.25, 0.3) is 5.91 Å². The molecular formula is C21H24ClN5O2S. The highest BCUT2D eigenvalue weighted by Gasteiger charge is 2.43. The van der Waals surface area contributed by atoms with E-state index in [1.807, 2.05) is 33.8 Å². The van der Waals surface area contributed by atoms with Crippen LogP contribution >= 0.6 is 23.4 Å². The summed E-state index contributed by atoms with van der Waals surface area (Å²) in [6.07, 6.45) is 0. The number of thioether (sulfide) groups is 1. The normalized spacial score (nSPS) is 18.2. The molecule has 0 radical (unpaired) electrons. The Morgan fingerprint density at radius 3 is 2.67 bits per heavy atom. The lowest BCUT2D eigenvalue weighted by Crippen LogP contribution is -2.42. The molecule has 0 saturated heterocycles. The van der Waals surface area contributed by atoms with Crippen molar-refractivity contribution in [2.24, 2.45) is 10.7 Å². The second kappa shape index (κ2) is 9.02. The molecule has 1 aromatic carbocycles. The standard InChI is InChI=1S/C21H24ClN5O2S/c1-5-26(6-2)20(28)17-12(4)25-21-27(19(24)16(11-23)30-21)18(17)13-8-9-15(29-7-3)14(22)10-13/h8-10,18H,5-7,24H2,1-4H3/t18-/m1/s1. The summed E-state index contributed by atoms with van der Waals surface area (Å²) in [6.45, 7) is 9.21. The van der Waals surface area contributed by atoms with Gasteiger partial charge in [-0.05, 0) is 57.2 Å². The number of amides is 1. The van der Waals surface area contributed by atoms with Crippen LogP contribution in [0.5, 0.6) is 5.75 Å². The van der Waals surface area contributed by atoms with E-state index in [-0.39, 0.29) is 11.7 Å². The number of allylic oxidation sites excluding steroid dienone is 2. The number of hydrogen-bond acceptors (Lipinski definition) is 7. The van der Waals surface area contributed by atoms with Crippen molar-refractivity contribution in [3.63, 3.8) is 0 Å². The smallest absolute Gasteiger partial charge is 0.254 e. The Morgan fingerprint density at radius 1 is 1.40 bits per heavy atom. The molecule has 0 aliphatic carbocycles. The zero-order chi connectivity index (χ0) is 22.0. The average molecular weight is 446 g/mol. The number of fused-ring (bicyclic) bond motifs is 1. The molecule has 2 heterocycles. The number of carbonyl (C=O) groups excluding carboxylic acids is 1. The molecular weight excluding hydrogens is 422 g/mol. The molecule has 2 aliphatic heterocycles. The summed E-state index contributed by atoms with van der Waals surface area (Å²) in [5.74, 6) is 0.745. The fraction of sp³-hybridized carbons (Fsp3) is 0.381. The third-order valence-electron chi connectivity index (χ3n) is 5.03. The van der Waals surface area contributed by atoms with Gasteiger partial charge in [-0.25, -0.2) is 4.99 Å². The first-order valence-corrected chi connectivity index (χ1v) is 10.9. The number of benzene rings is 1. The molecule has 1 aromatic rings. The van der Waals surface area contributed by atoms with Gasteiger partial charge in [-0.3, -0.25) is 9.69 Å². The van der Waals surface area contributed by atoms with Crippen molar-refractivity contribution in [1.29, 1.82) is 5.26 Å². The van der Waals surface area contributed by atoms with Crippen molar-refractivity contribution in [2.75, 3.05) is 19.7 Å². The van der Waals surface area contributed by atoms with Crippen molar-refractivity contribution in [2.45, 2.75) is 33.7 Å². The molecule has 2 N–H and O–H groups in total. The van der Waals surface area contributed by atoms with Crippen molar-refractivity contribution in [3.05, 3.63) is 50.8 Å². The summed E-state index contributed by atoms with van der Waals surface area (Å²) in [5, 5.41) is 10.5. The number of hydrogen-bond donors (Lipinski definition) is 1. The number of nitrogens with zero attached hydrogens (tertiary/aromatic N) is 4. The summed E-state index contributed by atoms with van der Waals surface area (Å²) in [7, 11) is 0. The number of aliphatic imine (C=N–C) groups is 1. The number of halogens is 1. The Hall–Kier alpha value is -2.63. The molecule has 0 unspecified atom stereocenters. The number of nitriles is 1. The van der Waals surface area contributed by atoms with E-state index >= 15 is 0 Å². The largest absolute Gasteiger partial charge is 0.492 e. The first-order chi connectivity index (χ1) is 14.4. The zero-order valence-electron chi connectivity index (χ0n) is 17.4. The van der Waals surface area contributed by atoms with Crippen molar-refractivity contribution >= 4 is 34.4 Å². The predicted molar refractivity (Wildman–Crippen MR) is 120 cm³/mol. The lowest BCUT2D eigenvalue weighted by Gasteiger charge is -2.37. The van der Waals surface area contributed by atoms with E-state index in [1.54, 1.807) is 21.9 Å². The van der Waals surface area contributed by atoms with Gasteiger partial charge in [0.05, 0.1) is 28.9 Å². The molecule has 3 rings (SSSR count). The van der Waals surface area contributed by atoms with Gasteiger partial charge in [-0.2, -0.15) is 5.26 Å². The Morgan fingerprint density at radius 2 is 2.10 bits per heavy atom. The third-order valence-corrected chi connectivity index (χ3v) is 6.30. The van der Waals surface area contributed by atoms with E-state index in [1.165, 1.54) is 11.8 Å². The van der Waals surface area contributed by atoms with E-state index in [2.05, 4.69) is 11.1 Å². The summed E-state index contributed by atoms with van der Waals surface area (Å²) >= 11 is 7.66. The van der Waals surface area contributed by atoms with Crippen LogP contribution in [-0.2, 0) is 4.79 Å². The molecule has 0 fully saturated rings. The predicted octanol–water partition coefficient (Wildman–Crippen LogP) is 3.99. The van der Waals surface area contributed by atoms with E-state index in [0.29, 0.717) is 51.8 Å². The number of ether oxygens (including phenoxy) is 1. The minimum Gasteiger partial charge on any atom is -0.492 e. The van der Waals surface area contributed by atoms with Crippen molar-refractivity contribution in [1.82, 2.24) is 9.80 Å². The number of carbonyl (C=O) groups is 1. The SMILES string of the molecule is CCOc1ccc([C@@H]2C(C(=O)N(CC)CC)=C(C)N=C3SC(C#N)=C(N)N32)cc1Cl. The zero-order valence-corrected chi connectivity index (χ0v) is 19.0. The van der Waals surface area contributed by atoms with Crippen LogP contribution in [0, 0.1) is 11.3 Å². The Bertz CT molecular complexity index is 1010. The number of amidine groups is 1. The highest BCUT2D eigenvalue weighted by Crippen LogP contribution is 2.46. The molecule has 158 valence electrons. The van der Waals surface area contributed by atoms with Gasteiger partial charge in [0.1, 0.15) is 22.5 Å². The van der Waals surface area contributed by atoms with Gasteiger partial charge in [0.2, 0.25) is 0 Å². The topological polar surface area (TPSA) is 94.9 Å². The minimum absolute atomic E-state index is 0.112. The van der Waals surface area contributed by atoms with Crippen LogP contribution in [0.15, 0.2) is 45.2 Å². The van der Waals surface area contributed by atoms with Crippen LogP contribution in [0.3, 0.4) is 0 Å². The van der Waals surface area contributed by atoms with Crippen molar-refractivity contribution < 1.29 is 9.53 Å². The highest BCUT2D eigenvalue weighted by molar-refractivity contribution is 8.17. The molecule has 0 spiro atoms. The number of rotatable bonds is 6. The summed E-state index contributed by atoms with van der Waals surface area (Å²) in [4.78, 5) is 21.9. The quantitative estimate of drug-likeness (QED) is 0.711. The van der Waals surface area contributed by atoms with Gasteiger partial charge in [-0.1, -0.05) is 17.7 Å². The fourth-order valence-corrected chi connectivity index (χ4v) is 4.73. The van der Waals surface area contributed by atoms with E-state index < -0.39 is 6.04 Å². The van der Waals surface area contributed by atoms with E-state index in [9.17, 15) is 10.1 Å². The molecule has 0 aromatic heterocycles. The Kier molecular flexibility index (Phi) is 6.64. The minimum atomic E-state index is -0.544. The van der Waals surface area contributed by atoms with Gasteiger partial charge in [0.15, 0.2) is 5.17 Å². The Labute approximate surface area is 185 Å². The first kappa shape index (κ1) is 22.1. The van der Waals surface area contributed by atoms with Crippen LogP contribution in [-0.4, -0.2) is 40.6 Å². The van der Waals surface area contributed by atoms with Gasteiger partial charge in [-0.15, -0.1) is 0 Å². The second-order valence-electron chi connectivity index (χ2n) is 6.69. The van der Waals surface area contributed by atoms with Crippen LogP contribution in [0.1, 0.15) is 39.3 Å². The molecule has 1 atom stereocenters. The maximum Gasteiger partial charge on any atom is 0.254 e.